The van der Waals surface area contributed by atoms with E-state index in [4.69, 9.17) is 28.2 Å². The normalized spacial score (nSPS) is 16.7. The minimum absolute atomic E-state index is 0.0808. The lowest BCUT2D eigenvalue weighted by Gasteiger charge is -2.32. The number of aromatic nitrogens is 4. The van der Waals surface area contributed by atoms with Crippen LogP contribution in [-0.4, -0.2) is 80.8 Å². The maximum atomic E-state index is 13.3. The number of amides is 2. The first-order valence-electron chi connectivity index (χ1n) is 14.5. The molecule has 2 aliphatic rings. The summed E-state index contributed by atoms with van der Waals surface area (Å²) in [6.07, 6.45) is 6.17. The Bertz CT molecular complexity index is 1610. The maximum absolute atomic E-state index is 13.3. The molecule has 0 saturated carbocycles. The van der Waals surface area contributed by atoms with Crippen molar-refractivity contribution in [3.8, 4) is 0 Å². The van der Waals surface area contributed by atoms with Gasteiger partial charge in [0.2, 0.25) is 5.91 Å². The van der Waals surface area contributed by atoms with Gasteiger partial charge in [-0.3, -0.25) is 9.59 Å². The number of carbonyl (C=O) groups excluding carboxylic acids is 2. The van der Waals surface area contributed by atoms with Gasteiger partial charge in [0.1, 0.15) is 18.0 Å². The van der Waals surface area contributed by atoms with Gasteiger partial charge in [-0.1, -0.05) is 23.2 Å². The number of fused-ring (bicyclic) bond motifs is 2. The number of carbonyl (C=O) groups is 2. The Morgan fingerprint density at radius 3 is 2.67 bits per heavy atom. The first-order valence-corrected chi connectivity index (χ1v) is 15.2. The molecule has 6 rings (SSSR count). The summed E-state index contributed by atoms with van der Waals surface area (Å²) in [5.41, 5.74) is 2.63. The third-order valence-corrected chi connectivity index (χ3v) is 8.90. The third-order valence-electron chi connectivity index (χ3n) is 8.35. The van der Waals surface area contributed by atoms with Crippen LogP contribution in [0.5, 0.6) is 0 Å². The highest BCUT2D eigenvalue weighted by Gasteiger charge is 2.26. The van der Waals surface area contributed by atoms with Gasteiger partial charge in [0.05, 0.1) is 33.2 Å². The number of imidazole rings is 1. The molecule has 4 heterocycles. The SMILES string of the molecule is CN(C(=O)CCC(Nc1ncnc2cc(C(=O)N3CCCC3)c(Cl)cc12)c1nc2cc(Cl)ccc2[nH]1)C1CCNCC1. The van der Waals surface area contributed by atoms with Gasteiger partial charge in [-0.2, -0.15) is 0 Å². The highest BCUT2D eigenvalue weighted by atomic mass is 35.5. The molecular formula is C30H34Cl2N8O2. The molecule has 2 aromatic carbocycles. The predicted octanol–water partition coefficient (Wildman–Crippen LogP) is 5.19. The Morgan fingerprint density at radius 1 is 1.10 bits per heavy atom. The molecule has 2 aliphatic heterocycles. The average molecular weight is 610 g/mol. The van der Waals surface area contributed by atoms with Gasteiger partial charge >= 0.3 is 0 Å². The van der Waals surface area contributed by atoms with Crippen molar-refractivity contribution in [1.82, 2.24) is 35.1 Å². The van der Waals surface area contributed by atoms with Crippen molar-refractivity contribution in [2.45, 2.75) is 50.6 Å². The highest BCUT2D eigenvalue weighted by Crippen LogP contribution is 2.32. The number of anilines is 1. The maximum Gasteiger partial charge on any atom is 0.255 e. The monoisotopic (exact) mass is 608 g/mol. The van der Waals surface area contributed by atoms with Crippen LogP contribution in [0.2, 0.25) is 10.0 Å². The van der Waals surface area contributed by atoms with Crippen molar-refractivity contribution >= 4 is 62.8 Å². The van der Waals surface area contributed by atoms with Crippen LogP contribution in [0.3, 0.4) is 0 Å². The van der Waals surface area contributed by atoms with E-state index in [0.717, 1.165) is 62.9 Å². The number of nitrogens with zero attached hydrogens (tertiary/aromatic N) is 5. The number of H-pyrrole nitrogens is 1. The summed E-state index contributed by atoms with van der Waals surface area (Å²) in [5.74, 6) is 1.23. The fourth-order valence-electron chi connectivity index (χ4n) is 5.89. The molecule has 0 spiro atoms. The van der Waals surface area contributed by atoms with Crippen LogP contribution in [0.4, 0.5) is 5.82 Å². The molecule has 0 bridgehead atoms. The minimum atomic E-state index is -0.371. The molecule has 0 aliphatic carbocycles. The average Bonchev–Trinajstić information content (AvgIpc) is 3.69. The largest absolute Gasteiger partial charge is 0.359 e. The Kier molecular flexibility index (Phi) is 8.46. The zero-order valence-electron chi connectivity index (χ0n) is 23.5. The molecule has 4 aromatic rings. The fraction of sp³-hybridized carbons (Fsp3) is 0.433. The van der Waals surface area contributed by atoms with Crippen molar-refractivity contribution in [3.63, 3.8) is 0 Å². The smallest absolute Gasteiger partial charge is 0.255 e. The minimum Gasteiger partial charge on any atom is -0.359 e. The number of hydrogen-bond acceptors (Lipinski definition) is 7. The van der Waals surface area contributed by atoms with Crippen LogP contribution < -0.4 is 10.6 Å². The van der Waals surface area contributed by atoms with Crippen LogP contribution in [0.1, 0.15) is 60.7 Å². The van der Waals surface area contributed by atoms with Crippen LogP contribution in [0, 0.1) is 0 Å². The lowest BCUT2D eigenvalue weighted by Crippen LogP contribution is -2.44. The second-order valence-corrected chi connectivity index (χ2v) is 11.9. The Balaban J connectivity index is 1.29. The first kappa shape index (κ1) is 28.6. The third kappa shape index (κ3) is 6.02. The standard InChI is InChI=1S/C30H34Cl2N8O2/c1-39(19-8-10-33-11-9-19)27(41)7-6-24(29-36-23-5-4-18(31)14-26(23)38-29)37-28-21-15-22(32)20(16-25(21)34-17-35-28)30(42)40-12-2-3-13-40/h4-5,14-17,19,24,33H,2-3,6-13H2,1H3,(H,36,38)(H,34,35,37). The Labute approximate surface area is 254 Å². The molecule has 1 unspecified atom stereocenters. The molecule has 3 N–H and O–H groups in total. The van der Waals surface area contributed by atoms with Gasteiger partial charge in [0, 0.05) is 43.0 Å². The molecule has 42 heavy (non-hydrogen) atoms. The summed E-state index contributed by atoms with van der Waals surface area (Å²) in [5, 5.41) is 8.49. The van der Waals surface area contributed by atoms with E-state index in [0.29, 0.717) is 51.0 Å². The molecule has 0 radical (unpaired) electrons. The Hall–Kier alpha value is -3.47. The van der Waals surface area contributed by atoms with E-state index in [1.165, 1.54) is 6.33 Å². The number of piperidine rings is 1. The van der Waals surface area contributed by atoms with E-state index in [1.807, 2.05) is 35.0 Å². The van der Waals surface area contributed by atoms with Crippen LogP contribution >= 0.6 is 23.2 Å². The fourth-order valence-corrected chi connectivity index (χ4v) is 6.30. The summed E-state index contributed by atoms with van der Waals surface area (Å²) in [6.45, 7) is 3.31. The number of halogens is 2. The second-order valence-electron chi connectivity index (χ2n) is 11.1. The van der Waals surface area contributed by atoms with E-state index >= 15 is 0 Å². The molecule has 2 fully saturated rings. The lowest BCUT2D eigenvalue weighted by molar-refractivity contribution is -0.132. The summed E-state index contributed by atoms with van der Waals surface area (Å²) in [6, 6.07) is 8.86. The molecule has 1 atom stereocenters. The van der Waals surface area contributed by atoms with Crippen molar-refractivity contribution in [2.75, 3.05) is 38.5 Å². The number of benzene rings is 2. The van der Waals surface area contributed by atoms with Gasteiger partial charge in [-0.25, -0.2) is 15.0 Å². The van der Waals surface area contributed by atoms with Crippen LogP contribution in [0.25, 0.3) is 21.9 Å². The quantitative estimate of drug-likeness (QED) is 0.252. The number of likely N-dealkylation sites (tertiary alicyclic amines) is 1. The molecular weight excluding hydrogens is 575 g/mol. The van der Waals surface area contributed by atoms with E-state index in [-0.39, 0.29) is 23.9 Å². The van der Waals surface area contributed by atoms with Gasteiger partial charge in [0.15, 0.2) is 0 Å². The van der Waals surface area contributed by atoms with Gasteiger partial charge in [-0.15, -0.1) is 0 Å². The molecule has 2 aromatic heterocycles. The van der Waals surface area contributed by atoms with E-state index < -0.39 is 0 Å². The zero-order chi connectivity index (χ0) is 29.2. The topological polar surface area (TPSA) is 119 Å². The van der Waals surface area contributed by atoms with Crippen molar-refractivity contribution < 1.29 is 9.59 Å². The van der Waals surface area contributed by atoms with E-state index in [9.17, 15) is 9.59 Å². The predicted molar refractivity (Wildman–Crippen MR) is 165 cm³/mol. The lowest BCUT2D eigenvalue weighted by atomic mass is 10.0. The highest BCUT2D eigenvalue weighted by molar-refractivity contribution is 6.35. The first-order chi connectivity index (χ1) is 20.4. The van der Waals surface area contributed by atoms with E-state index in [1.54, 1.807) is 12.1 Å². The molecule has 2 amide bonds. The van der Waals surface area contributed by atoms with Crippen molar-refractivity contribution in [2.24, 2.45) is 0 Å². The number of nitrogens with one attached hydrogen (secondary N) is 3. The van der Waals surface area contributed by atoms with E-state index in [2.05, 4.69) is 25.6 Å². The molecule has 10 nitrogen and oxygen atoms in total. The van der Waals surface area contributed by atoms with Gasteiger partial charge in [-0.05, 0) is 75.5 Å². The van der Waals surface area contributed by atoms with Gasteiger partial charge < -0.3 is 25.4 Å². The van der Waals surface area contributed by atoms with Gasteiger partial charge in [0.25, 0.3) is 5.91 Å². The molecule has 2 saturated heterocycles. The van der Waals surface area contributed by atoms with Crippen molar-refractivity contribution in [1.29, 1.82) is 0 Å². The number of hydrogen-bond donors (Lipinski definition) is 3. The summed E-state index contributed by atoms with van der Waals surface area (Å²) in [7, 11) is 1.89. The zero-order valence-corrected chi connectivity index (χ0v) is 25.0. The van der Waals surface area contributed by atoms with Crippen molar-refractivity contribution in [3.05, 3.63) is 58.1 Å². The summed E-state index contributed by atoms with van der Waals surface area (Å²) < 4.78 is 0. The van der Waals surface area contributed by atoms with Crippen LogP contribution in [-0.2, 0) is 4.79 Å². The number of rotatable bonds is 8. The summed E-state index contributed by atoms with van der Waals surface area (Å²) in [4.78, 5) is 47.3. The second kappa shape index (κ2) is 12.4. The summed E-state index contributed by atoms with van der Waals surface area (Å²) >= 11 is 12.9. The Morgan fingerprint density at radius 2 is 1.88 bits per heavy atom. The van der Waals surface area contributed by atoms with Crippen LogP contribution in [0.15, 0.2) is 36.7 Å². The molecule has 220 valence electrons. The molecule has 12 heteroatoms. The number of aromatic amines is 1.